The Morgan fingerprint density at radius 2 is 1.88 bits per heavy atom. The van der Waals surface area contributed by atoms with Crippen LogP contribution in [0.15, 0.2) is 41.8 Å². The number of carbonyl (C=O) groups excluding carboxylic acids is 3. The Bertz CT molecular complexity index is 776. The van der Waals surface area contributed by atoms with Crippen molar-refractivity contribution in [2.24, 2.45) is 0 Å². The summed E-state index contributed by atoms with van der Waals surface area (Å²) in [7, 11) is 0. The van der Waals surface area contributed by atoms with Gasteiger partial charge in [-0.15, -0.1) is 11.3 Å². The van der Waals surface area contributed by atoms with E-state index in [9.17, 15) is 14.4 Å². The molecule has 0 fully saturated rings. The minimum Gasteiger partial charge on any atom is -0.456 e. The van der Waals surface area contributed by atoms with Gasteiger partial charge in [0.25, 0.3) is 5.91 Å². The molecule has 1 heterocycles. The third-order valence-corrected chi connectivity index (χ3v) is 4.15. The molecule has 7 heteroatoms. The van der Waals surface area contributed by atoms with Crippen molar-refractivity contribution in [2.75, 3.05) is 11.9 Å². The van der Waals surface area contributed by atoms with E-state index in [-0.39, 0.29) is 18.6 Å². The van der Waals surface area contributed by atoms with Crippen molar-refractivity contribution in [2.45, 2.75) is 19.3 Å². The molecule has 1 N–H and O–H groups in total. The zero-order valence-electron chi connectivity index (χ0n) is 13.4. The van der Waals surface area contributed by atoms with E-state index in [1.165, 1.54) is 11.3 Å². The zero-order chi connectivity index (χ0) is 18.1. The summed E-state index contributed by atoms with van der Waals surface area (Å²) in [6, 6.07) is 12.3. The smallest absolute Gasteiger partial charge is 0.306 e. The highest BCUT2D eigenvalue weighted by atomic mass is 32.1. The minimum absolute atomic E-state index is 0.0569. The molecule has 0 aliphatic heterocycles. The van der Waals surface area contributed by atoms with E-state index in [1.807, 2.05) is 6.07 Å². The lowest BCUT2D eigenvalue weighted by molar-refractivity contribution is -0.147. The summed E-state index contributed by atoms with van der Waals surface area (Å²) in [5.74, 6) is -1.18. The predicted molar refractivity (Wildman–Crippen MR) is 93.2 cm³/mol. The first-order valence-electron chi connectivity index (χ1n) is 7.56. The van der Waals surface area contributed by atoms with Gasteiger partial charge < -0.3 is 10.1 Å². The summed E-state index contributed by atoms with van der Waals surface area (Å²) in [5, 5.41) is 13.0. The van der Waals surface area contributed by atoms with E-state index < -0.39 is 18.5 Å². The largest absolute Gasteiger partial charge is 0.456 e. The van der Waals surface area contributed by atoms with Crippen LogP contribution in [0.25, 0.3) is 0 Å². The molecule has 0 radical (unpaired) electrons. The van der Waals surface area contributed by atoms with Gasteiger partial charge in [0.15, 0.2) is 12.4 Å². The van der Waals surface area contributed by atoms with Crippen LogP contribution >= 0.6 is 11.3 Å². The molecule has 1 aromatic carbocycles. The number of hydrogen-bond donors (Lipinski definition) is 1. The Morgan fingerprint density at radius 1 is 1.12 bits per heavy atom. The quantitative estimate of drug-likeness (QED) is 0.579. The Balaban J connectivity index is 1.69. The standard InChI is InChI=1S/C18H16N2O4S/c19-10-9-13-3-5-14(6-4-13)20-17(22)12-24-18(23)8-7-15(21)16-2-1-11-25-16/h1-6,11H,7-9,12H2,(H,20,22). The van der Waals surface area contributed by atoms with Crippen LogP contribution in [0.5, 0.6) is 0 Å². The lowest BCUT2D eigenvalue weighted by Gasteiger charge is -2.07. The van der Waals surface area contributed by atoms with E-state index >= 15 is 0 Å². The van der Waals surface area contributed by atoms with Crippen molar-refractivity contribution in [3.05, 3.63) is 52.2 Å². The summed E-state index contributed by atoms with van der Waals surface area (Å²) >= 11 is 1.32. The highest BCUT2D eigenvalue weighted by molar-refractivity contribution is 7.12. The second kappa shape index (κ2) is 9.35. The lowest BCUT2D eigenvalue weighted by Crippen LogP contribution is -2.21. The van der Waals surface area contributed by atoms with Crippen LogP contribution in [-0.2, 0) is 20.7 Å². The van der Waals surface area contributed by atoms with Crippen LogP contribution in [-0.4, -0.2) is 24.3 Å². The highest BCUT2D eigenvalue weighted by Gasteiger charge is 2.12. The number of anilines is 1. The van der Waals surface area contributed by atoms with Crippen LogP contribution in [0.2, 0.25) is 0 Å². The second-order valence-corrected chi connectivity index (χ2v) is 6.09. The molecule has 1 amide bonds. The number of hydrogen-bond acceptors (Lipinski definition) is 6. The van der Waals surface area contributed by atoms with Gasteiger partial charge in [-0.1, -0.05) is 18.2 Å². The molecule has 2 aromatic rings. The van der Waals surface area contributed by atoms with Crippen molar-refractivity contribution in [1.29, 1.82) is 5.26 Å². The molecule has 6 nitrogen and oxygen atoms in total. The maximum absolute atomic E-state index is 11.8. The van der Waals surface area contributed by atoms with Gasteiger partial charge in [-0.3, -0.25) is 14.4 Å². The van der Waals surface area contributed by atoms with Gasteiger partial charge in [-0.05, 0) is 29.1 Å². The molecule has 0 saturated heterocycles. The molecule has 128 valence electrons. The number of nitriles is 1. The number of nitrogens with zero attached hydrogens (tertiary/aromatic N) is 1. The Labute approximate surface area is 149 Å². The van der Waals surface area contributed by atoms with Crippen molar-refractivity contribution >= 4 is 34.7 Å². The zero-order valence-corrected chi connectivity index (χ0v) is 14.2. The van der Waals surface area contributed by atoms with Gasteiger partial charge in [0.1, 0.15) is 0 Å². The maximum Gasteiger partial charge on any atom is 0.306 e. The average Bonchev–Trinajstić information content (AvgIpc) is 3.14. The molecule has 0 saturated carbocycles. The Morgan fingerprint density at radius 3 is 2.52 bits per heavy atom. The maximum atomic E-state index is 11.8. The first kappa shape index (κ1) is 18.4. The number of ether oxygens (including phenoxy) is 1. The molecule has 0 aliphatic rings. The third-order valence-electron chi connectivity index (χ3n) is 3.24. The number of nitrogens with one attached hydrogen (secondary N) is 1. The summed E-state index contributed by atoms with van der Waals surface area (Å²) in [6.45, 7) is -0.411. The molecular weight excluding hydrogens is 340 g/mol. The molecule has 0 bridgehead atoms. The van der Waals surface area contributed by atoms with Crippen LogP contribution in [0.1, 0.15) is 28.1 Å². The molecule has 0 unspecified atom stereocenters. The van der Waals surface area contributed by atoms with E-state index in [0.717, 1.165) is 5.56 Å². The highest BCUT2D eigenvalue weighted by Crippen LogP contribution is 2.13. The van der Waals surface area contributed by atoms with Gasteiger partial charge in [0, 0.05) is 12.1 Å². The SMILES string of the molecule is N#CCc1ccc(NC(=O)COC(=O)CCC(=O)c2cccs2)cc1. The topological polar surface area (TPSA) is 96.3 Å². The van der Waals surface area contributed by atoms with Crippen molar-refractivity contribution < 1.29 is 19.1 Å². The molecule has 0 atom stereocenters. The van der Waals surface area contributed by atoms with Gasteiger partial charge >= 0.3 is 5.97 Å². The van der Waals surface area contributed by atoms with E-state index in [2.05, 4.69) is 5.32 Å². The van der Waals surface area contributed by atoms with E-state index in [0.29, 0.717) is 17.0 Å². The number of rotatable bonds is 8. The first-order valence-corrected chi connectivity index (χ1v) is 8.44. The molecular formula is C18H16N2O4S. The molecule has 2 rings (SSSR count). The van der Waals surface area contributed by atoms with Crippen LogP contribution in [0.3, 0.4) is 0 Å². The summed E-state index contributed by atoms with van der Waals surface area (Å²) in [6.07, 6.45) is 0.296. The third kappa shape index (κ3) is 6.20. The number of thiophene rings is 1. The fourth-order valence-corrected chi connectivity index (χ4v) is 2.68. The molecule has 0 spiro atoms. The van der Waals surface area contributed by atoms with Crippen molar-refractivity contribution in [3.63, 3.8) is 0 Å². The number of esters is 1. The summed E-state index contributed by atoms with van der Waals surface area (Å²) < 4.78 is 4.86. The number of Topliss-reactive ketones (excluding diaryl/α,β-unsaturated/α-hetero) is 1. The first-order chi connectivity index (χ1) is 12.1. The minimum atomic E-state index is -0.593. The number of ketones is 1. The van der Waals surface area contributed by atoms with Gasteiger partial charge in [0.05, 0.1) is 23.8 Å². The number of benzene rings is 1. The van der Waals surface area contributed by atoms with Crippen LogP contribution in [0.4, 0.5) is 5.69 Å². The number of carbonyl (C=O) groups is 3. The average molecular weight is 356 g/mol. The summed E-state index contributed by atoms with van der Waals surface area (Å²) in [4.78, 5) is 35.7. The molecule has 0 aliphatic carbocycles. The van der Waals surface area contributed by atoms with E-state index in [1.54, 1.807) is 41.8 Å². The van der Waals surface area contributed by atoms with Crippen molar-refractivity contribution in [3.8, 4) is 6.07 Å². The van der Waals surface area contributed by atoms with Gasteiger partial charge in [-0.2, -0.15) is 5.26 Å². The fourth-order valence-electron chi connectivity index (χ4n) is 1.99. The Hall–Kier alpha value is -2.98. The normalized spacial score (nSPS) is 9.88. The monoisotopic (exact) mass is 356 g/mol. The van der Waals surface area contributed by atoms with Gasteiger partial charge in [0.2, 0.25) is 0 Å². The number of amides is 1. The fraction of sp³-hybridized carbons (Fsp3) is 0.222. The lowest BCUT2D eigenvalue weighted by atomic mass is 10.1. The molecule has 1 aromatic heterocycles. The predicted octanol–water partition coefficient (Wildman–Crippen LogP) is 2.96. The van der Waals surface area contributed by atoms with Crippen LogP contribution < -0.4 is 5.32 Å². The molecule has 25 heavy (non-hydrogen) atoms. The summed E-state index contributed by atoms with van der Waals surface area (Å²) in [5.41, 5.74) is 1.40. The second-order valence-electron chi connectivity index (χ2n) is 5.14. The van der Waals surface area contributed by atoms with Crippen LogP contribution in [0, 0.1) is 11.3 Å². The Kier molecular flexibility index (Phi) is 6.87. The van der Waals surface area contributed by atoms with E-state index in [4.69, 9.17) is 10.00 Å². The van der Waals surface area contributed by atoms with Gasteiger partial charge in [-0.25, -0.2) is 0 Å². The van der Waals surface area contributed by atoms with Crippen molar-refractivity contribution in [1.82, 2.24) is 0 Å².